The predicted molar refractivity (Wildman–Crippen MR) is 96.3 cm³/mol. The lowest BCUT2D eigenvalue weighted by atomic mass is 9.88. The zero-order valence-electron chi connectivity index (χ0n) is 12.7. The highest BCUT2D eigenvalue weighted by Gasteiger charge is 2.13. The Balaban J connectivity index is 2.27. The number of rotatable bonds is 2. The number of aryl methyl sites for hydroxylation is 1. The summed E-state index contributed by atoms with van der Waals surface area (Å²) in [7, 11) is 0. The predicted octanol–water partition coefficient (Wildman–Crippen LogP) is 6.22. The Labute approximate surface area is 131 Å². The molecule has 4 aromatic rings. The van der Waals surface area contributed by atoms with Crippen molar-refractivity contribution in [1.29, 1.82) is 0 Å². The number of hydrogen-bond acceptors (Lipinski definition) is 0. The van der Waals surface area contributed by atoms with Crippen LogP contribution in [0.2, 0.25) is 0 Å². The van der Waals surface area contributed by atoms with E-state index in [0.717, 1.165) is 6.42 Å². The van der Waals surface area contributed by atoms with E-state index in [-0.39, 0.29) is 0 Å². The Hall–Kier alpha value is -2.60. The molecule has 0 nitrogen and oxygen atoms in total. The minimum Gasteiger partial charge on any atom is -0.0622 e. The topological polar surface area (TPSA) is 0 Å². The lowest BCUT2D eigenvalue weighted by Crippen LogP contribution is -1.91. The second-order valence-electron chi connectivity index (χ2n) is 5.66. The molecule has 0 radical (unpaired) electrons. The maximum Gasteiger partial charge on any atom is -0.00266 e. The summed E-state index contributed by atoms with van der Waals surface area (Å²) in [5.74, 6) is 0. The van der Waals surface area contributed by atoms with Crippen LogP contribution in [0, 0.1) is 0 Å². The van der Waals surface area contributed by atoms with Crippen LogP contribution in [0.5, 0.6) is 0 Å². The summed E-state index contributed by atoms with van der Waals surface area (Å²) < 4.78 is 0. The molecule has 0 spiro atoms. The summed E-state index contributed by atoms with van der Waals surface area (Å²) in [6.07, 6.45) is 1.05. The first kappa shape index (κ1) is 13.1. The highest BCUT2D eigenvalue weighted by Crippen LogP contribution is 2.39. The van der Waals surface area contributed by atoms with Crippen molar-refractivity contribution in [2.24, 2.45) is 0 Å². The van der Waals surface area contributed by atoms with Gasteiger partial charge in [-0.2, -0.15) is 0 Å². The van der Waals surface area contributed by atoms with E-state index in [1.54, 1.807) is 0 Å². The molecule has 4 aromatic carbocycles. The van der Waals surface area contributed by atoms with Crippen molar-refractivity contribution >= 4 is 21.5 Å². The van der Waals surface area contributed by atoms with Crippen LogP contribution < -0.4 is 0 Å². The second kappa shape index (κ2) is 5.31. The van der Waals surface area contributed by atoms with Gasteiger partial charge in [-0.05, 0) is 44.7 Å². The lowest BCUT2D eigenvalue weighted by molar-refractivity contribution is 1.18. The van der Waals surface area contributed by atoms with Gasteiger partial charge >= 0.3 is 0 Å². The van der Waals surface area contributed by atoms with Crippen LogP contribution in [0.4, 0.5) is 0 Å². The molecule has 0 aliphatic rings. The SMILES string of the molecule is CCc1c2ccccc2c(-c2ccccc2)c2ccccc12. The van der Waals surface area contributed by atoms with Crippen molar-refractivity contribution in [1.82, 2.24) is 0 Å². The molecule has 0 heterocycles. The van der Waals surface area contributed by atoms with Gasteiger partial charge in [-0.25, -0.2) is 0 Å². The molecule has 0 aromatic heterocycles. The molecular weight excluding hydrogens is 264 g/mol. The fraction of sp³-hybridized carbons (Fsp3) is 0.0909. The van der Waals surface area contributed by atoms with E-state index >= 15 is 0 Å². The Kier molecular flexibility index (Phi) is 3.16. The maximum absolute atomic E-state index is 2.26. The van der Waals surface area contributed by atoms with Crippen molar-refractivity contribution in [2.45, 2.75) is 13.3 Å². The molecule has 0 aliphatic carbocycles. The molecule has 0 aliphatic heterocycles. The van der Waals surface area contributed by atoms with E-state index < -0.39 is 0 Å². The van der Waals surface area contributed by atoms with Crippen LogP contribution in [0.1, 0.15) is 12.5 Å². The first-order chi connectivity index (χ1) is 10.9. The van der Waals surface area contributed by atoms with E-state index in [4.69, 9.17) is 0 Å². The van der Waals surface area contributed by atoms with Crippen LogP contribution in [0.25, 0.3) is 32.7 Å². The first-order valence-corrected chi connectivity index (χ1v) is 7.88. The van der Waals surface area contributed by atoms with E-state index in [9.17, 15) is 0 Å². The summed E-state index contributed by atoms with van der Waals surface area (Å²) in [4.78, 5) is 0. The summed E-state index contributed by atoms with van der Waals surface area (Å²) in [5, 5.41) is 5.46. The van der Waals surface area contributed by atoms with Gasteiger partial charge in [0, 0.05) is 0 Å². The highest BCUT2D eigenvalue weighted by molar-refractivity contribution is 6.14. The average molecular weight is 282 g/mol. The fourth-order valence-corrected chi connectivity index (χ4v) is 3.52. The minimum atomic E-state index is 1.05. The van der Waals surface area contributed by atoms with Crippen molar-refractivity contribution < 1.29 is 0 Å². The van der Waals surface area contributed by atoms with Gasteiger partial charge in [0.2, 0.25) is 0 Å². The molecule has 106 valence electrons. The zero-order valence-corrected chi connectivity index (χ0v) is 12.7. The number of benzene rings is 4. The number of fused-ring (bicyclic) bond motifs is 2. The fourth-order valence-electron chi connectivity index (χ4n) is 3.52. The molecule has 0 saturated heterocycles. The molecule has 22 heavy (non-hydrogen) atoms. The molecular formula is C22H18. The average Bonchev–Trinajstić information content (AvgIpc) is 2.60. The van der Waals surface area contributed by atoms with Crippen LogP contribution in [0.3, 0.4) is 0 Å². The van der Waals surface area contributed by atoms with Gasteiger partial charge in [-0.15, -0.1) is 0 Å². The van der Waals surface area contributed by atoms with Gasteiger partial charge in [-0.1, -0.05) is 85.8 Å². The van der Waals surface area contributed by atoms with E-state index in [0.29, 0.717) is 0 Å². The Bertz CT molecular complexity index is 892. The van der Waals surface area contributed by atoms with Gasteiger partial charge in [0.05, 0.1) is 0 Å². The van der Waals surface area contributed by atoms with Crippen LogP contribution in [0.15, 0.2) is 78.9 Å². The monoisotopic (exact) mass is 282 g/mol. The highest BCUT2D eigenvalue weighted by atomic mass is 14.2. The molecule has 0 saturated carbocycles. The Morgan fingerprint density at radius 2 is 1.00 bits per heavy atom. The molecule has 0 heteroatoms. The van der Waals surface area contributed by atoms with Crippen molar-refractivity contribution in [3.05, 3.63) is 84.4 Å². The lowest BCUT2D eigenvalue weighted by Gasteiger charge is -2.16. The van der Waals surface area contributed by atoms with Gasteiger partial charge < -0.3 is 0 Å². The molecule has 0 fully saturated rings. The molecule has 0 bridgehead atoms. The summed E-state index contributed by atoms with van der Waals surface area (Å²) >= 11 is 0. The minimum absolute atomic E-state index is 1.05. The molecule has 0 N–H and O–H groups in total. The van der Waals surface area contributed by atoms with Crippen molar-refractivity contribution in [3.63, 3.8) is 0 Å². The summed E-state index contributed by atoms with van der Waals surface area (Å²) in [6, 6.07) is 28.3. The third-order valence-electron chi connectivity index (χ3n) is 4.46. The normalized spacial score (nSPS) is 11.1. The van der Waals surface area contributed by atoms with Gasteiger partial charge in [0.1, 0.15) is 0 Å². The van der Waals surface area contributed by atoms with Gasteiger partial charge in [-0.3, -0.25) is 0 Å². The van der Waals surface area contributed by atoms with E-state index in [1.807, 2.05) is 0 Å². The van der Waals surface area contributed by atoms with E-state index in [2.05, 4.69) is 85.8 Å². The quantitative estimate of drug-likeness (QED) is 0.383. The molecule has 4 rings (SSSR count). The third-order valence-corrected chi connectivity index (χ3v) is 4.46. The molecule has 0 atom stereocenters. The smallest absolute Gasteiger partial charge is 0.00266 e. The van der Waals surface area contributed by atoms with Crippen molar-refractivity contribution in [2.75, 3.05) is 0 Å². The largest absolute Gasteiger partial charge is 0.0622 e. The second-order valence-corrected chi connectivity index (χ2v) is 5.66. The first-order valence-electron chi connectivity index (χ1n) is 7.88. The third kappa shape index (κ3) is 1.92. The standard InChI is InChI=1S/C22H18/c1-2-17-18-12-6-8-14-20(18)22(16-10-4-3-5-11-16)21-15-9-7-13-19(17)21/h3-15H,2H2,1H3. The Morgan fingerprint density at radius 1 is 0.545 bits per heavy atom. The molecule has 0 unspecified atom stereocenters. The van der Waals surface area contributed by atoms with Gasteiger partial charge in [0.25, 0.3) is 0 Å². The molecule has 0 amide bonds. The van der Waals surface area contributed by atoms with E-state index in [1.165, 1.54) is 38.2 Å². The zero-order chi connectivity index (χ0) is 14.9. The Morgan fingerprint density at radius 3 is 1.50 bits per heavy atom. The maximum atomic E-state index is 2.26. The van der Waals surface area contributed by atoms with Crippen molar-refractivity contribution in [3.8, 4) is 11.1 Å². The van der Waals surface area contributed by atoms with Crippen LogP contribution >= 0.6 is 0 Å². The van der Waals surface area contributed by atoms with Gasteiger partial charge in [0.15, 0.2) is 0 Å². The van der Waals surface area contributed by atoms with Crippen LogP contribution in [-0.2, 0) is 6.42 Å². The van der Waals surface area contributed by atoms with Crippen LogP contribution in [-0.4, -0.2) is 0 Å². The number of hydrogen-bond donors (Lipinski definition) is 0. The summed E-state index contributed by atoms with van der Waals surface area (Å²) in [6.45, 7) is 2.25. The summed E-state index contributed by atoms with van der Waals surface area (Å²) in [5.41, 5.74) is 4.09.